The smallest absolute Gasteiger partial charge is 0.269 e. The molecule has 1 aromatic heterocycles. The summed E-state index contributed by atoms with van der Waals surface area (Å²) in [6.45, 7) is 2.77. The maximum Gasteiger partial charge on any atom is 0.269 e. The van der Waals surface area contributed by atoms with Crippen LogP contribution >= 0.6 is 23.2 Å². The fourth-order valence-corrected chi connectivity index (χ4v) is 4.33. The van der Waals surface area contributed by atoms with E-state index in [9.17, 15) is 14.3 Å². The van der Waals surface area contributed by atoms with Gasteiger partial charge in [0.1, 0.15) is 30.0 Å². The summed E-state index contributed by atoms with van der Waals surface area (Å²) in [5, 5.41) is 14.8. The molecule has 0 bridgehead atoms. The van der Waals surface area contributed by atoms with Gasteiger partial charge in [0, 0.05) is 29.6 Å². The van der Waals surface area contributed by atoms with Crippen LogP contribution in [0.1, 0.15) is 23.3 Å². The summed E-state index contributed by atoms with van der Waals surface area (Å²) in [6.07, 6.45) is 1.14. The van der Waals surface area contributed by atoms with E-state index in [2.05, 4.69) is 15.2 Å². The van der Waals surface area contributed by atoms with E-state index in [-0.39, 0.29) is 17.5 Å². The molecule has 1 atom stereocenters. The first kappa shape index (κ1) is 24.7. The molecule has 0 spiro atoms. The number of nitrogens with one attached hydrogen (secondary N) is 1. The zero-order valence-corrected chi connectivity index (χ0v) is 20.0. The van der Waals surface area contributed by atoms with Crippen molar-refractivity contribution in [2.75, 3.05) is 32.8 Å². The van der Waals surface area contributed by atoms with Gasteiger partial charge in [-0.3, -0.25) is 4.79 Å². The maximum atomic E-state index is 13.5. The third kappa shape index (κ3) is 6.57. The van der Waals surface area contributed by atoms with Gasteiger partial charge in [-0.25, -0.2) is 9.37 Å². The zero-order valence-electron chi connectivity index (χ0n) is 18.5. The quantitative estimate of drug-likeness (QED) is 0.469. The molecular weight excluding hydrogens is 480 g/mol. The number of aliphatic hydroxyl groups excluding tert-OH is 1. The monoisotopic (exact) mass is 505 g/mol. The van der Waals surface area contributed by atoms with E-state index >= 15 is 0 Å². The number of ether oxygens (including phenoxy) is 1. The number of carbonyl (C=O) groups is 1. The summed E-state index contributed by atoms with van der Waals surface area (Å²) in [4.78, 5) is 19.1. The molecule has 2 aromatic carbocycles. The number of carbonyl (C=O) groups excluding carboxylic acids is 1. The van der Waals surface area contributed by atoms with Gasteiger partial charge in [0.15, 0.2) is 0 Å². The minimum absolute atomic E-state index is 0.0332. The molecule has 180 valence electrons. The van der Waals surface area contributed by atoms with Crippen LogP contribution in [0.25, 0.3) is 10.9 Å². The number of β-amino-alcohol motifs (C(OH)–C–C–N with tert-alkyl or cyclic N) is 1. The average molecular weight is 506 g/mol. The number of rotatable bonds is 8. The predicted octanol–water partition coefficient (Wildman–Crippen LogP) is 4.56. The van der Waals surface area contributed by atoms with Crippen LogP contribution in [0.5, 0.6) is 5.75 Å². The summed E-state index contributed by atoms with van der Waals surface area (Å²) < 4.78 is 19.0. The Morgan fingerprint density at radius 2 is 1.97 bits per heavy atom. The Bertz CT molecular complexity index is 1160. The molecule has 9 heteroatoms. The molecule has 34 heavy (non-hydrogen) atoms. The number of pyridine rings is 1. The maximum absolute atomic E-state index is 13.5. The third-order valence-corrected chi connectivity index (χ3v) is 6.49. The molecule has 0 radical (unpaired) electrons. The first-order valence-corrected chi connectivity index (χ1v) is 12.0. The van der Waals surface area contributed by atoms with E-state index in [1.165, 1.54) is 12.1 Å². The standard InChI is InChI=1S/C25H26Cl2FN3O3/c26-18-2-6-23-17(11-18)1-5-24(30-23)25(33)29-13-16-7-9-31(10-8-16)14-19(32)15-34-20-3-4-21(27)22(28)12-20/h1-6,11-12,16,19,32H,7-10,13-15H2,(H,29,33). The molecule has 4 rings (SSSR count). The van der Waals surface area contributed by atoms with Crippen molar-refractivity contribution in [2.24, 2.45) is 5.92 Å². The number of hydrogen-bond acceptors (Lipinski definition) is 5. The number of aromatic nitrogens is 1. The topological polar surface area (TPSA) is 74.7 Å². The van der Waals surface area contributed by atoms with Gasteiger partial charge in [0.25, 0.3) is 5.91 Å². The molecule has 1 amide bonds. The molecule has 2 N–H and O–H groups in total. The zero-order chi connectivity index (χ0) is 24.1. The van der Waals surface area contributed by atoms with Crippen LogP contribution in [0.3, 0.4) is 0 Å². The molecule has 1 unspecified atom stereocenters. The number of hydrogen-bond donors (Lipinski definition) is 2. The minimum atomic E-state index is -0.691. The number of benzene rings is 2. The number of piperidine rings is 1. The molecule has 1 saturated heterocycles. The molecule has 3 aromatic rings. The van der Waals surface area contributed by atoms with Gasteiger partial charge < -0.3 is 20.1 Å². The van der Waals surface area contributed by atoms with Gasteiger partial charge in [-0.1, -0.05) is 29.3 Å². The number of amides is 1. The van der Waals surface area contributed by atoms with Crippen molar-refractivity contribution in [1.82, 2.24) is 15.2 Å². The average Bonchev–Trinajstić information content (AvgIpc) is 2.84. The van der Waals surface area contributed by atoms with Crippen molar-refractivity contribution in [3.8, 4) is 5.75 Å². The highest BCUT2D eigenvalue weighted by atomic mass is 35.5. The Hall–Kier alpha value is -2.45. The SMILES string of the molecule is O=C(NCC1CCN(CC(O)COc2ccc(Cl)c(F)c2)CC1)c1ccc2cc(Cl)ccc2n1. The summed E-state index contributed by atoms with van der Waals surface area (Å²) in [5.74, 6) is -0.0420. The van der Waals surface area contributed by atoms with E-state index in [1.807, 2.05) is 12.1 Å². The van der Waals surface area contributed by atoms with Crippen molar-refractivity contribution in [2.45, 2.75) is 18.9 Å². The van der Waals surface area contributed by atoms with Crippen molar-refractivity contribution in [3.63, 3.8) is 0 Å². The predicted molar refractivity (Wildman–Crippen MR) is 131 cm³/mol. The Morgan fingerprint density at radius 3 is 2.74 bits per heavy atom. The van der Waals surface area contributed by atoms with Crippen LogP contribution < -0.4 is 10.1 Å². The second-order valence-electron chi connectivity index (χ2n) is 8.53. The molecule has 1 fully saturated rings. The first-order valence-electron chi connectivity index (χ1n) is 11.2. The second-order valence-corrected chi connectivity index (χ2v) is 9.37. The number of aliphatic hydroxyl groups is 1. The third-order valence-electron chi connectivity index (χ3n) is 5.94. The van der Waals surface area contributed by atoms with Crippen molar-refractivity contribution in [1.29, 1.82) is 0 Å². The van der Waals surface area contributed by atoms with Crippen LogP contribution in [-0.2, 0) is 0 Å². The van der Waals surface area contributed by atoms with Gasteiger partial charge in [-0.2, -0.15) is 0 Å². The molecule has 2 heterocycles. The first-order chi connectivity index (χ1) is 16.4. The van der Waals surface area contributed by atoms with Gasteiger partial charge in [0.05, 0.1) is 10.5 Å². The van der Waals surface area contributed by atoms with Crippen LogP contribution in [0.15, 0.2) is 48.5 Å². The number of nitrogens with zero attached hydrogens (tertiary/aromatic N) is 2. The van der Waals surface area contributed by atoms with Gasteiger partial charge >= 0.3 is 0 Å². The highest BCUT2D eigenvalue weighted by Crippen LogP contribution is 2.21. The highest BCUT2D eigenvalue weighted by molar-refractivity contribution is 6.31. The van der Waals surface area contributed by atoms with Crippen molar-refractivity contribution in [3.05, 3.63) is 70.1 Å². The molecule has 0 saturated carbocycles. The van der Waals surface area contributed by atoms with Gasteiger partial charge in [0.2, 0.25) is 0 Å². The number of likely N-dealkylation sites (tertiary alicyclic amines) is 1. The Balaban J connectivity index is 1.17. The normalized spacial score (nSPS) is 15.9. The second kappa shape index (κ2) is 11.3. The van der Waals surface area contributed by atoms with E-state index in [0.717, 1.165) is 36.8 Å². The summed E-state index contributed by atoms with van der Waals surface area (Å²) in [6, 6.07) is 13.1. The molecular formula is C25H26Cl2FN3O3. The summed E-state index contributed by atoms with van der Waals surface area (Å²) >= 11 is 11.7. The molecule has 6 nitrogen and oxygen atoms in total. The van der Waals surface area contributed by atoms with Crippen molar-refractivity contribution >= 4 is 40.0 Å². The van der Waals surface area contributed by atoms with Gasteiger partial charge in [-0.15, -0.1) is 0 Å². The van der Waals surface area contributed by atoms with Gasteiger partial charge in [-0.05, 0) is 68.2 Å². The molecule has 1 aliphatic rings. The fourth-order valence-electron chi connectivity index (χ4n) is 4.03. The van der Waals surface area contributed by atoms with Crippen LogP contribution in [0.4, 0.5) is 4.39 Å². The lowest BCUT2D eigenvalue weighted by Crippen LogP contribution is -2.43. The van der Waals surface area contributed by atoms with E-state index < -0.39 is 11.9 Å². The van der Waals surface area contributed by atoms with E-state index in [4.69, 9.17) is 27.9 Å². The largest absolute Gasteiger partial charge is 0.491 e. The minimum Gasteiger partial charge on any atom is -0.491 e. The van der Waals surface area contributed by atoms with E-state index in [0.29, 0.717) is 35.5 Å². The van der Waals surface area contributed by atoms with Crippen LogP contribution in [0, 0.1) is 11.7 Å². The summed E-state index contributed by atoms with van der Waals surface area (Å²) in [7, 11) is 0. The summed E-state index contributed by atoms with van der Waals surface area (Å²) in [5.41, 5.74) is 1.12. The highest BCUT2D eigenvalue weighted by Gasteiger charge is 2.22. The number of halogens is 3. The molecule has 1 aliphatic heterocycles. The Morgan fingerprint density at radius 1 is 1.18 bits per heavy atom. The Labute approximate surface area is 207 Å². The van der Waals surface area contributed by atoms with Crippen LogP contribution in [-0.4, -0.2) is 59.8 Å². The molecule has 0 aliphatic carbocycles. The van der Waals surface area contributed by atoms with Crippen molar-refractivity contribution < 1.29 is 19.0 Å². The lowest BCUT2D eigenvalue weighted by molar-refractivity contribution is 0.0547. The Kier molecular flexibility index (Phi) is 8.21. The number of fused-ring (bicyclic) bond motifs is 1. The van der Waals surface area contributed by atoms with E-state index in [1.54, 1.807) is 24.3 Å². The van der Waals surface area contributed by atoms with Crippen LogP contribution in [0.2, 0.25) is 10.0 Å². The fraction of sp³-hybridized carbons (Fsp3) is 0.360. The lowest BCUT2D eigenvalue weighted by atomic mass is 9.96. The lowest BCUT2D eigenvalue weighted by Gasteiger charge is -2.33.